The summed E-state index contributed by atoms with van der Waals surface area (Å²) in [5.74, 6) is -1.20. The Morgan fingerprint density at radius 2 is 2.04 bits per heavy atom. The predicted molar refractivity (Wildman–Crippen MR) is 92.5 cm³/mol. The van der Waals surface area contributed by atoms with E-state index in [1.807, 2.05) is 0 Å². The Balaban J connectivity index is 1.76. The van der Waals surface area contributed by atoms with Gasteiger partial charge in [0, 0.05) is 30.8 Å². The molecule has 1 fully saturated rings. The molecule has 0 aliphatic carbocycles. The van der Waals surface area contributed by atoms with Crippen LogP contribution in [0.3, 0.4) is 0 Å². The first-order chi connectivity index (χ1) is 12.1. The molecule has 7 heteroatoms. The number of carbonyl (C=O) groups is 3. The van der Waals surface area contributed by atoms with Gasteiger partial charge in [-0.05, 0) is 43.9 Å². The molecule has 136 valence electrons. The highest BCUT2D eigenvalue weighted by molar-refractivity contribution is 5.98. The molecule has 25 heavy (non-hydrogen) atoms. The van der Waals surface area contributed by atoms with Gasteiger partial charge in [-0.15, -0.1) is 0 Å². The zero-order chi connectivity index (χ0) is 18.1. The lowest BCUT2D eigenvalue weighted by molar-refractivity contribution is -0.137. The van der Waals surface area contributed by atoms with E-state index in [1.54, 1.807) is 24.3 Å². The Morgan fingerprint density at radius 1 is 1.20 bits per heavy atom. The van der Waals surface area contributed by atoms with Gasteiger partial charge in [-0.1, -0.05) is 12.5 Å². The van der Waals surface area contributed by atoms with E-state index in [0.717, 1.165) is 19.3 Å². The SMILES string of the molecule is O=C(O)CCCCCNC(=O)c1cccc(NC(=O)C2CCCO2)c1. The maximum Gasteiger partial charge on any atom is 0.303 e. The predicted octanol–water partition coefficient (Wildman–Crippen LogP) is 2.18. The van der Waals surface area contributed by atoms with E-state index in [0.29, 0.717) is 37.2 Å². The molecule has 0 radical (unpaired) electrons. The first kappa shape index (κ1) is 18.9. The van der Waals surface area contributed by atoms with Crippen LogP contribution in [0.15, 0.2) is 24.3 Å². The fourth-order valence-corrected chi connectivity index (χ4v) is 2.63. The third-order valence-corrected chi connectivity index (χ3v) is 3.97. The number of anilines is 1. The Hall–Kier alpha value is -2.41. The van der Waals surface area contributed by atoms with Crippen molar-refractivity contribution in [2.45, 2.75) is 44.6 Å². The number of benzene rings is 1. The van der Waals surface area contributed by atoms with Crippen molar-refractivity contribution in [3.63, 3.8) is 0 Å². The number of amides is 2. The van der Waals surface area contributed by atoms with E-state index in [-0.39, 0.29) is 18.2 Å². The van der Waals surface area contributed by atoms with Crippen LogP contribution in [0.5, 0.6) is 0 Å². The second-order valence-corrected chi connectivity index (χ2v) is 6.03. The minimum absolute atomic E-state index is 0.153. The second kappa shape index (κ2) is 9.78. The molecular formula is C18H24N2O5. The lowest BCUT2D eigenvalue weighted by atomic mass is 10.1. The van der Waals surface area contributed by atoms with Crippen LogP contribution >= 0.6 is 0 Å². The molecule has 3 N–H and O–H groups in total. The van der Waals surface area contributed by atoms with Gasteiger partial charge in [0.05, 0.1) is 0 Å². The lowest BCUT2D eigenvalue weighted by Crippen LogP contribution is -2.27. The summed E-state index contributed by atoms with van der Waals surface area (Å²) in [4.78, 5) is 34.6. The van der Waals surface area contributed by atoms with Crippen LogP contribution in [-0.4, -0.2) is 42.1 Å². The van der Waals surface area contributed by atoms with Crippen molar-refractivity contribution in [2.24, 2.45) is 0 Å². The van der Waals surface area contributed by atoms with Gasteiger partial charge >= 0.3 is 5.97 Å². The van der Waals surface area contributed by atoms with E-state index in [9.17, 15) is 14.4 Å². The highest BCUT2D eigenvalue weighted by Gasteiger charge is 2.23. The fraction of sp³-hybridized carbons (Fsp3) is 0.500. The summed E-state index contributed by atoms with van der Waals surface area (Å²) < 4.78 is 5.34. The standard InChI is InChI=1S/C18H24N2O5/c21-16(22)9-2-1-3-10-19-17(23)13-6-4-7-14(12-13)20-18(24)15-8-5-11-25-15/h4,6-7,12,15H,1-3,5,8-11H2,(H,19,23)(H,20,24)(H,21,22). The third-order valence-electron chi connectivity index (χ3n) is 3.97. The van der Waals surface area contributed by atoms with Crippen LogP contribution in [0.2, 0.25) is 0 Å². The van der Waals surface area contributed by atoms with Gasteiger partial charge in [0.2, 0.25) is 0 Å². The molecule has 0 spiro atoms. The number of carbonyl (C=O) groups excluding carboxylic acids is 2. The highest BCUT2D eigenvalue weighted by Crippen LogP contribution is 2.16. The number of rotatable bonds is 9. The van der Waals surface area contributed by atoms with Crippen LogP contribution in [0.25, 0.3) is 0 Å². The number of carboxylic acid groups (broad SMARTS) is 1. The van der Waals surface area contributed by atoms with Gasteiger partial charge in [0.1, 0.15) is 6.10 Å². The normalized spacial score (nSPS) is 16.4. The van der Waals surface area contributed by atoms with Crippen molar-refractivity contribution >= 4 is 23.5 Å². The summed E-state index contributed by atoms with van der Waals surface area (Å²) in [6, 6.07) is 6.76. The molecule has 0 bridgehead atoms. The maximum atomic E-state index is 12.1. The summed E-state index contributed by atoms with van der Waals surface area (Å²) in [6.45, 7) is 1.10. The molecule has 2 amide bonds. The minimum Gasteiger partial charge on any atom is -0.481 e. The van der Waals surface area contributed by atoms with Crippen molar-refractivity contribution < 1.29 is 24.2 Å². The Kier molecular flexibility index (Phi) is 7.40. The number of carboxylic acids is 1. The van der Waals surface area contributed by atoms with Crippen molar-refractivity contribution in [2.75, 3.05) is 18.5 Å². The fourth-order valence-electron chi connectivity index (χ4n) is 2.63. The molecule has 1 saturated heterocycles. The number of hydrogen-bond donors (Lipinski definition) is 3. The smallest absolute Gasteiger partial charge is 0.303 e. The van der Waals surface area contributed by atoms with E-state index < -0.39 is 12.1 Å². The molecule has 7 nitrogen and oxygen atoms in total. The van der Waals surface area contributed by atoms with Crippen molar-refractivity contribution in [3.05, 3.63) is 29.8 Å². The van der Waals surface area contributed by atoms with Crippen LogP contribution in [0, 0.1) is 0 Å². The summed E-state index contributed by atoms with van der Waals surface area (Å²) >= 11 is 0. The zero-order valence-corrected chi connectivity index (χ0v) is 14.1. The molecule has 1 aromatic carbocycles. The molecule has 1 atom stereocenters. The van der Waals surface area contributed by atoms with Gasteiger partial charge in [0.15, 0.2) is 0 Å². The van der Waals surface area contributed by atoms with Crippen molar-refractivity contribution in [3.8, 4) is 0 Å². The summed E-state index contributed by atoms with van der Waals surface area (Å²) in [5, 5.41) is 14.1. The highest BCUT2D eigenvalue weighted by atomic mass is 16.5. The summed E-state index contributed by atoms with van der Waals surface area (Å²) in [7, 11) is 0. The summed E-state index contributed by atoms with van der Waals surface area (Å²) in [6.07, 6.45) is 3.43. The van der Waals surface area contributed by atoms with Crippen LogP contribution in [0.1, 0.15) is 48.9 Å². The molecule has 0 aromatic heterocycles. The molecule has 1 unspecified atom stereocenters. The number of ether oxygens (including phenoxy) is 1. The molecular weight excluding hydrogens is 324 g/mol. The molecule has 1 aliphatic rings. The molecule has 1 aliphatic heterocycles. The third kappa shape index (κ3) is 6.54. The van der Waals surface area contributed by atoms with Crippen LogP contribution in [0.4, 0.5) is 5.69 Å². The monoisotopic (exact) mass is 348 g/mol. The summed E-state index contributed by atoms with van der Waals surface area (Å²) in [5.41, 5.74) is 1.03. The number of unbranched alkanes of at least 4 members (excludes halogenated alkanes) is 2. The van der Waals surface area contributed by atoms with Gasteiger partial charge < -0.3 is 20.5 Å². The first-order valence-electron chi connectivity index (χ1n) is 8.59. The Bertz CT molecular complexity index is 611. The van der Waals surface area contributed by atoms with Crippen LogP contribution in [-0.2, 0) is 14.3 Å². The average Bonchev–Trinajstić information content (AvgIpc) is 3.12. The molecule has 2 rings (SSSR count). The quantitative estimate of drug-likeness (QED) is 0.593. The molecule has 0 saturated carbocycles. The van der Waals surface area contributed by atoms with Crippen LogP contribution < -0.4 is 10.6 Å². The largest absolute Gasteiger partial charge is 0.481 e. The second-order valence-electron chi connectivity index (χ2n) is 6.03. The topological polar surface area (TPSA) is 105 Å². The van der Waals surface area contributed by atoms with Crippen molar-refractivity contribution in [1.82, 2.24) is 5.32 Å². The Labute approximate surface area is 146 Å². The van der Waals surface area contributed by atoms with Gasteiger partial charge in [-0.2, -0.15) is 0 Å². The van der Waals surface area contributed by atoms with Crippen molar-refractivity contribution in [1.29, 1.82) is 0 Å². The van der Waals surface area contributed by atoms with Gasteiger partial charge in [-0.25, -0.2) is 0 Å². The van der Waals surface area contributed by atoms with Gasteiger partial charge in [0.25, 0.3) is 11.8 Å². The number of nitrogens with one attached hydrogen (secondary N) is 2. The molecule has 1 aromatic rings. The van der Waals surface area contributed by atoms with E-state index in [4.69, 9.17) is 9.84 Å². The maximum absolute atomic E-state index is 12.1. The minimum atomic E-state index is -0.800. The van der Waals surface area contributed by atoms with E-state index >= 15 is 0 Å². The van der Waals surface area contributed by atoms with E-state index in [2.05, 4.69) is 10.6 Å². The zero-order valence-electron chi connectivity index (χ0n) is 14.1. The van der Waals surface area contributed by atoms with Gasteiger partial charge in [-0.3, -0.25) is 14.4 Å². The van der Waals surface area contributed by atoms with E-state index in [1.165, 1.54) is 0 Å². The Morgan fingerprint density at radius 3 is 2.76 bits per heavy atom. The average molecular weight is 348 g/mol. The molecule has 1 heterocycles. The first-order valence-corrected chi connectivity index (χ1v) is 8.59. The lowest BCUT2D eigenvalue weighted by Gasteiger charge is -2.11. The number of hydrogen-bond acceptors (Lipinski definition) is 4. The number of aliphatic carboxylic acids is 1.